The molecule has 4 aromatic rings. The number of aromatic amines is 1. The molecule has 0 aliphatic rings. The molecular formula is C21H16N4O4. The van der Waals surface area contributed by atoms with E-state index in [0.29, 0.717) is 28.5 Å². The van der Waals surface area contributed by atoms with Gasteiger partial charge in [0, 0.05) is 17.1 Å². The summed E-state index contributed by atoms with van der Waals surface area (Å²) in [6, 6.07) is 12.3. The molecule has 0 radical (unpaired) electrons. The zero-order valence-corrected chi connectivity index (χ0v) is 15.1. The van der Waals surface area contributed by atoms with Crippen LogP contribution in [-0.2, 0) is 16.0 Å². The van der Waals surface area contributed by atoms with Crippen LogP contribution in [0.25, 0.3) is 22.7 Å². The molecule has 8 nitrogen and oxygen atoms in total. The molecule has 1 aromatic carbocycles. The van der Waals surface area contributed by atoms with Crippen LogP contribution in [0, 0.1) is 0 Å². The van der Waals surface area contributed by atoms with Crippen molar-refractivity contribution in [2.24, 2.45) is 0 Å². The first-order valence-electron chi connectivity index (χ1n) is 8.77. The van der Waals surface area contributed by atoms with Gasteiger partial charge in [0.2, 0.25) is 11.8 Å². The minimum absolute atomic E-state index is 0.00444. The minimum atomic E-state index is -1.02. The second-order valence-corrected chi connectivity index (χ2v) is 6.22. The van der Waals surface area contributed by atoms with Crippen LogP contribution in [-0.4, -0.2) is 31.9 Å². The van der Waals surface area contributed by atoms with Gasteiger partial charge in [-0.15, -0.1) is 0 Å². The number of nitrogens with zero attached hydrogens (tertiary/aromatic N) is 2. The Morgan fingerprint density at radius 2 is 2.00 bits per heavy atom. The Balaban J connectivity index is 1.59. The van der Waals surface area contributed by atoms with Crippen molar-refractivity contribution in [2.45, 2.75) is 6.42 Å². The van der Waals surface area contributed by atoms with Gasteiger partial charge in [-0.05, 0) is 23.8 Å². The fraction of sp³-hybridized carbons (Fsp3) is 0.0476. The number of nitrogens with one attached hydrogen (secondary N) is 2. The molecule has 0 aliphatic heterocycles. The largest absolute Gasteiger partial charge is 0.478 e. The van der Waals surface area contributed by atoms with Crippen LogP contribution in [0.1, 0.15) is 17.0 Å². The fourth-order valence-corrected chi connectivity index (χ4v) is 2.92. The third-order valence-electron chi connectivity index (χ3n) is 4.25. The average molecular weight is 388 g/mol. The molecule has 144 valence electrons. The second kappa shape index (κ2) is 7.81. The number of H-pyrrole nitrogens is 1. The lowest BCUT2D eigenvalue weighted by molar-refractivity contribution is -0.130. The fourth-order valence-electron chi connectivity index (χ4n) is 2.92. The van der Waals surface area contributed by atoms with Crippen LogP contribution in [0.2, 0.25) is 0 Å². The summed E-state index contributed by atoms with van der Waals surface area (Å²) < 4.78 is 5.06. The molecule has 0 saturated carbocycles. The summed E-state index contributed by atoms with van der Waals surface area (Å²) in [5.41, 5.74) is 2.00. The number of carbonyl (C=O) groups excluding carboxylic acids is 1. The van der Waals surface area contributed by atoms with Crippen molar-refractivity contribution in [2.75, 3.05) is 5.32 Å². The van der Waals surface area contributed by atoms with Crippen molar-refractivity contribution >= 4 is 40.4 Å². The van der Waals surface area contributed by atoms with Gasteiger partial charge in [-0.2, -0.15) is 0 Å². The number of amides is 1. The van der Waals surface area contributed by atoms with Gasteiger partial charge >= 0.3 is 5.97 Å². The quantitative estimate of drug-likeness (QED) is 0.436. The van der Waals surface area contributed by atoms with Crippen LogP contribution >= 0.6 is 0 Å². The van der Waals surface area contributed by atoms with Gasteiger partial charge in [-0.25, -0.2) is 14.8 Å². The molecule has 0 saturated heterocycles. The van der Waals surface area contributed by atoms with Crippen molar-refractivity contribution in [1.82, 2.24) is 15.0 Å². The Morgan fingerprint density at radius 3 is 2.72 bits per heavy atom. The topological polar surface area (TPSA) is 121 Å². The number of hydrogen-bond donors (Lipinski definition) is 3. The number of pyridine rings is 1. The Morgan fingerprint density at radius 1 is 1.17 bits per heavy atom. The maximum Gasteiger partial charge on any atom is 0.336 e. The first-order valence-corrected chi connectivity index (χ1v) is 8.77. The molecule has 29 heavy (non-hydrogen) atoms. The second-order valence-electron chi connectivity index (χ2n) is 6.22. The molecule has 1 amide bonds. The minimum Gasteiger partial charge on any atom is -0.478 e. The number of fused-ring (bicyclic) bond motifs is 1. The number of hydrogen-bond acceptors (Lipinski definition) is 5. The van der Waals surface area contributed by atoms with Crippen molar-refractivity contribution in [3.63, 3.8) is 0 Å². The summed E-state index contributed by atoms with van der Waals surface area (Å²) in [4.78, 5) is 35.1. The van der Waals surface area contributed by atoms with E-state index in [1.54, 1.807) is 48.7 Å². The third kappa shape index (κ3) is 4.06. The maximum atomic E-state index is 12.1. The number of aromatic nitrogens is 3. The van der Waals surface area contributed by atoms with Gasteiger partial charge in [0.1, 0.15) is 24.1 Å². The van der Waals surface area contributed by atoms with E-state index in [0.717, 1.165) is 5.39 Å². The predicted octanol–water partition coefficient (Wildman–Crippen LogP) is 3.36. The molecule has 4 rings (SSSR count). The lowest BCUT2D eigenvalue weighted by atomic mass is 10.0. The van der Waals surface area contributed by atoms with E-state index in [1.807, 2.05) is 6.07 Å². The van der Waals surface area contributed by atoms with E-state index in [1.165, 1.54) is 12.5 Å². The lowest BCUT2D eigenvalue weighted by Crippen LogP contribution is -2.15. The summed E-state index contributed by atoms with van der Waals surface area (Å²) in [6.07, 6.45) is 6.16. The number of rotatable bonds is 6. The van der Waals surface area contributed by atoms with E-state index in [9.17, 15) is 14.7 Å². The van der Waals surface area contributed by atoms with E-state index in [-0.39, 0.29) is 17.9 Å². The molecule has 3 heterocycles. The molecule has 0 spiro atoms. The number of carboxylic acid groups (broad SMARTS) is 1. The van der Waals surface area contributed by atoms with Gasteiger partial charge in [-0.1, -0.05) is 30.3 Å². The highest BCUT2D eigenvalue weighted by Crippen LogP contribution is 2.24. The van der Waals surface area contributed by atoms with Gasteiger partial charge in [-0.3, -0.25) is 4.79 Å². The molecule has 3 aromatic heterocycles. The monoisotopic (exact) mass is 388 g/mol. The van der Waals surface area contributed by atoms with Crippen LogP contribution in [0.15, 0.2) is 65.5 Å². The van der Waals surface area contributed by atoms with Crippen LogP contribution in [0.4, 0.5) is 5.82 Å². The zero-order chi connectivity index (χ0) is 20.2. The Bertz CT molecular complexity index is 1190. The molecule has 0 atom stereocenters. The molecule has 0 fully saturated rings. The Hall–Kier alpha value is -4.20. The summed E-state index contributed by atoms with van der Waals surface area (Å²) in [6.45, 7) is 0. The SMILES string of the molecule is O=C(Cc1ncco1)Nc1ccc2c(/C=C(/C(=O)O)c3ccccc3)c[nH]c2n1. The van der Waals surface area contributed by atoms with Crippen molar-refractivity contribution in [3.05, 3.63) is 78.1 Å². The van der Waals surface area contributed by atoms with E-state index < -0.39 is 5.97 Å². The first-order chi connectivity index (χ1) is 14.1. The van der Waals surface area contributed by atoms with E-state index >= 15 is 0 Å². The molecular weight excluding hydrogens is 372 g/mol. The number of carboxylic acids is 1. The normalized spacial score (nSPS) is 11.5. The zero-order valence-electron chi connectivity index (χ0n) is 15.1. The average Bonchev–Trinajstić information content (AvgIpc) is 3.36. The lowest BCUT2D eigenvalue weighted by Gasteiger charge is -2.04. The number of aliphatic carboxylic acids is 1. The van der Waals surface area contributed by atoms with Crippen LogP contribution in [0.3, 0.4) is 0 Å². The summed E-state index contributed by atoms with van der Waals surface area (Å²) >= 11 is 0. The standard InChI is InChI=1S/C21H16N4O4/c26-18(11-19-22-8-9-29-19)24-17-7-6-15-14(12-23-20(15)25-17)10-16(21(27)28)13-4-2-1-3-5-13/h1-10,12H,11H2,(H,27,28)(H2,23,24,25,26)/b16-10+. The summed E-state index contributed by atoms with van der Waals surface area (Å²) in [5.74, 6) is -0.636. The summed E-state index contributed by atoms with van der Waals surface area (Å²) in [7, 11) is 0. The van der Waals surface area contributed by atoms with Gasteiger partial charge in [0.05, 0.1) is 11.8 Å². The highest BCUT2D eigenvalue weighted by atomic mass is 16.4. The predicted molar refractivity (Wildman–Crippen MR) is 107 cm³/mol. The van der Waals surface area contributed by atoms with E-state index in [2.05, 4.69) is 20.3 Å². The number of carbonyl (C=O) groups is 2. The van der Waals surface area contributed by atoms with Crippen LogP contribution < -0.4 is 5.32 Å². The van der Waals surface area contributed by atoms with Gasteiger partial charge < -0.3 is 19.8 Å². The van der Waals surface area contributed by atoms with Gasteiger partial charge in [0.15, 0.2) is 0 Å². The maximum absolute atomic E-state index is 12.1. The molecule has 3 N–H and O–H groups in total. The Kier molecular flexibility index (Phi) is 4.90. The number of oxazole rings is 1. The van der Waals surface area contributed by atoms with E-state index in [4.69, 9.17) is 4.42 Å². The number of benzene rings is 1. The first kappa shape index (κ1) is 18.2. The molecule has 0 unspecified atom stereocenters. The smallest absolute Gasteiger partial charge is 0.336 e. The molecule has 0 bridgehead atoms. The van der Waals surface area contributed by atoms with Crippen molar-refractivity contribution in [1.29, 1.82) is 0 Å². The molecule has 8 heteroatoms. The Labute approximate surface area is 164 Å². The van der Waals surface area contributed by atoms with Crippen molar-refractivity contribution < 1.29 is 19.1 Å². The number of anilines is 1. The van der Waals surface area contributed by atoms with Crippen molar-refractivity contribution in [3.8, 4) is 0 Å². The third-order valence-corrected chi connectivity index (χ3v) is 4.25. The van der Waals surface area contributed by atoms with Crippen LogP contribution in [0.5, 0.6) is 0 Å². The highest BCUT2D eigenvalue weighted by Gasteiger charge is 2.13. The summed E-state index contributed by atoms with van der Waals surface area (Å²) in [5, 5.41) is 13.0. The highest BCUT2D eigenvalue weighted by molar-refractivity contribution is 6.21. The van der Waals surface area contributed by atoms with Gasteiger partial charge in [0.25, 0.3) is 0 Å². The molecule has 0 aliphatic carbocycles.